The summed E-state index contributed by atoms with van der Waals surface area (Å²) in [5.74, 6) is -0.414. The molecule has 1 saturated carbocycles. The van der Waals surface area contributed by atoms with Crippen LogP contribution < -0.4 is 0 Å². The molecule has 1 unspecified atom stereocenters. The van der Waals surface area contributed by atoms with Crippen LogP contribution in [0.15, 0.2) is 30.3 Å². The average molecular weight is 295 g/mol. The number of hydrogen-bond acceptors (Lipinski definition) is 2. The summed E-state index contributed by atoms with van der Waals surface area (Å²) in [6.45, 7) is 2.99. The Hall–Kier alpha value is -1.49. The van der Waals surface area contributed by atoms with Crippen LogP contribution in [0.25, 0.3) is 0 Å². The predicted octanol–water partition coefficient (Wildman–Crippen LogP) is 2.81. The van der Waals surface area contributed by atoms with Gasteiger partial charge in [0.25, 0.3) is 6.43 Å². The van der Waals surface area contributed by atoms with Crippen molar-refractivity contribution in [2.45, 2.75) is 31.8 Å². The van der Waals surface area contributed by atoms with Crippen molar-refractivity contribution in [2.24, 2.45) is 5.41 Å². The largest absolute Gasteiger partial charge is 0.367 e. The molecule has 1 saturated heterocycles. The Bertz CT molecular complexity index is 530. The molecule has 5 heteroatoms. The van der Waals surface area contributed by atoms with E-state index in [0.29, 0.717) is 32.5 Å². The summed E-state index contributed by atoms with van der Waals surface area (Å²) in [6.07, 6.45) is -1.98. The zero-order valence-electron chi connectivity index (χ0n) is 12.0. The van der Waals surface area contributed by atoms with E-state index in [1.807, 2.05) is 37.3 Å². The van der Waals surface area contributed by atoms with Crippen molar-refractivity contribution in [3.05, 3.63) is 35.9 Å². The van der Waals surface area contributed by atoms with Gasteiger partial charge in [0, 0.05) is 6.54 Å². The van der Waals surface area contributed by atoms with E-state index < -0.39 is 23.3 Å². The van der Waals surface area contributed by atoms with Crippen LogP contribution in [-0.4, -0.2) is 36.9 Å². The van der Waals surface area contributed by atoms with Crippen molar-refractivity contribution in [1.82, 2.24) is 4.90 Å². The van der Waals surface area contributed by atoms with Gasteiger partial charge in [-0.25, -0.2) is 8.78 Å². The second kappa shape index (κ2) is 5.05. The molecule has 1 amide bonds. The van der Waals surface area contributed by atoms with Crippen molar-refractivity contribution < 1.29 is 18.3 Å². The van der Waals surface area contributed by atoms with Gasteiger partial charge in [0.05, 0.1) is 13.2 Å². The van der Waals surface area contributed by atoms with Crippen LogP contribution in [0, 0.1) is 5.41 Å². The van der Waals surface area contributed by atoms with E-state index in [9.17, 15) is 13.6 Å². The van der Waals surface area contributed by atoms with Gasteiger partial charge in [-0.15, -0.1) is 0 Å². The van der Waals surface area contributed by atoms with Crippen LogP contribution in [0.4, 0.5) is 8.78 Å². The fourth-order valence-electron chi connectivity index (χ4n) is 2.98. The molecule has 1 heterocycles. The lowest BCUT2D eigenvalue weighted by atomic mass is 9.93. The Morgan fingerprint density at radius 2 is 1.95 bits per heavy atom. The van der Waals surface area contributed by atoms with Gasteiger partial charge in [-0.2, -0.15) is 0 Å². The van der Waals surface area contributed by atoms with Crippen molar-refractivity contribution in [3.8, 4) is 0 Å². The number of alkyl halides is 2. The lowest BCUT2D eigenvalue weighted by molar-refractivity contribution is -0.160. The highest BCUT2D eigenvalue weighted by atomic mass is 19.3. The van der Waals surface area contributed by atoms with Crippen LogP contribution in [0.3, 0.4) is 0 Å². The monoisotopic (exact) mass is 295 g/mol. The Labute approximate surface area is 122 Å². The first-order valence-corrected chi connectivity index (χ1v) is 7.25. The lowest BCUT2D eigenvalue weighted by Crippen LogP contribution is -2.53. The molecule has 1 atom stereocenters. The van der Waals surface area contributed by atoms with E-state index in [0.717, 1.165) is 5.56 Å². The van der Waals surface area contributed by atoms with Gasteiger partial charge in [-0.05, 0) is 25.3 Å². The van der Waals surface area contributed by atoms with Crippen LogP contribution in [0.1, 0.15) is 25.3 Å². The number of halogens is 2. The fourth-order valence-corrected chi connectivity index (χ4v) is 2.98. The molecule has 1 aromatic carbocycles. The maximum atomic E-state index is 13.1. The van der Waals surface area contributed by atoms with Gasteiger partial charge < -0.3 is 9.64 Å². The molecular formula is C16H19F2NO2. The average Bonchev–Trinajstić information content (AvgIpc) is 3.29. The standard InChI is InChI=1S/C16H19F2NO2/c1-15(12-5-3-2-4-6-12)11-19(9-10-21-15)14(20)16(7-8-16)13(17)18/h2-6,13H,7-11H2,1H3. The maximum Gasteiger partial charge on any atom is 0.252 e. The Morgan fingerprint density at radius 3 is 2.52 bits per heavy atom. The minimum atomic E-state index is -2.57. The van der Waals surface area contributed by atoms with Gasteiger partial charge in [0.2, 0.25) is 5.91 Å². The highest BCUT2D eigenvalue weighted by Crippen LogP contribution is 2.52. The number of carbonyl (C=O) groups is 1. The third kappa shape index (κ3) is 2.44. The van der Waals surface area contributed by atoms with Crippen LogP contribution in [-0.2, 0) is 15.1 Å². The van der Waals surface area contributed by atoms with Crippen LogP contribution in [0.2, 0.25) is 0 Å². The minimum absolute atomic E-state index is 0.295. The highest BCUT2D eigenvalue weighted by molar-refractivity contribution is 5.86. The minimum Gasteiger partial charge on any atom is -0.367 e. The topological polar surface area (TPSA) is 29.5 Å². The molecule has 1 aliphatic carbocycles. The zero-order chi connectivity index (χ0) is 15.1. The van der Waals surface area contributed by atoms with Gasteiger partial charge in [0.15, 0.2) is 0 Å². The Kier molecular flexibility index (Phi) is 3.48. The SMILES string of the molecule is CC1(c2ccccc2)CN(C(=O)C2(C(F)F)CC2)CCO1. The number of morpholine rings is 1. The summed E-state index contributed by atoms with van der Waals surface area (Å²) < 4.78 is 32.1. The maximum absolute atomic E-state index is 13.1. The van der Waals surface area contributed by atoms with Crippen molar-refractivity contribution in [3.63, 3.8) is 0 Å². The summed E-state index contributed by atoms with van der Waals surface area (Å²) in [5, 5.41) is 0. The Balaban J connectivity index is 1.79. The van der Waals surface area contributed by atoms with Crippen molar-refractivity contribution >= 4 is 5.91 Å². The first-order chi connectivity index (χ1) is 9.98. The van der Waals surface area contributed by atoms with Gasteiger partial charge in [-0.3, -0.25) is 4.79 Å². The lowest BCUT2D eigenvalue weighted by Gasteiger charge is -2.42. The number of benzene rings is 1. The molecule has 0 spiro atoms. The second-order valence-electron chi connectivity index (χ2n) is 6.13. The van der Waals surface area contributed by atoms with Crippen molar-refractivity contribution in [1.29, 1.82) is 0 Å². The van der Waals surface area contributed by atoms with E-state index in [-0.39, 0.29) is 0 Å². The summed E-state index contributed by atoms with van der Waals surface area (Å²) in [4.78, 5) is 14.0. The third-order valence-electron chi connectivity index (χ3n) is 4.58. The smallest absolute Gasteiger partial charge is 0.252 e. The zero-order valence-corrected chi connectivity index (χ0v) is 12.0. The Morgan fingerprint density at radius 1 is 1.29 bits per heavy atom. The number of amides is 1. The molecule has 2 fully saturated rings. The van der Waals surface area contributed by atoms with E-state index in [1.54, 1.807) is 4.90 Å². The summed E-state index contributed by atoms with van der Waals surface area (Å²) in [5.41, 5.74) is -1.09. The molecule has 21 heavy (non-hydrogen) atoms. The second-order valence-corrected chi connectivity index (χ2v) is 6.13. The predicted molar refractivity (Wildman–Crippen MR) is 74.0 cm³/mol. The van der Waals surface area contributed by atoms with E-state index in [1.165, 1.54) is 0 Å². The number of nitrogens with zero attached hydrogens (tertiary/aromatic N) is 1. The van der Waals surface area contributed by atoms with Gasteiger partial charge >= 0.3 is 0 Å². The summed E-state index contributed by atoms with van der Waals surface area (Å²) >= 11 is 0. The fraction of sp³-hybridized carbons (Fsp3) is 0.562. The highest BCUT2D eigenvalue weighted by Gasteiger charge is 2.59. The molecule has 1 aromatic rings. The molecule has 0 bridgehead atoms. The van der Waals surface area contributed by atoms with E-state index in [4.69, 9.17) is 4.74 Å². The van der Waals surface area contributed by atoms with Gasteiger partial charge in [-0.1, -0.05) is 30.3 Å². The third-order valence-corrected chi connectivity index (χ3v) is 4.58. The first-order valence-electron chi connectivity index (χ1n) is 7.25. The molecule has 2 aliphatic rings. The number of carbonyl (C=O) groups excluding carboxylic acids is 1. The number of ether oxygens (including phenoxy) is 1. The number of hydrogen-bond donors (Lipinski definition) is 0. The molecule has 0 radical (unpaired) electrons. The van der Waals surface area contributed by atoms with Crippen LogP contribution >= 0.6 is 0 Å². The molecule has 114 valence electrons. The molecule has 0 N–H and O–H groups in total. The normalized spacial score (nSPS) is 27.7. The van der Waals surface area contributed by atoms with Crippen molar-refractivity contribution in [2.75, 3.05) is 19.7 Å². The first kappa shape index (κ1) is 14.4. The molecule has 0 aromatic heterocycles. The molecule has 3 rings (SSSR count). The molecule has 1 aliphatic heterocycles. The molecular weight excluding hydrogens is 276 g/mol. The molecule has 3 nitrogen and oxygen atoms in total. The van der Waals surface area contributed by atoms with E-state index >= 15 is 0 Å². The number of rotatable bonds is 3. The quantitative estimate of drug-likeness (QED) is 0.858. The van der Waals surface area contributed by atoms with E-state index in [2.05, 4.69) is 0 Å². The van der Waals surface area contributed by atoms with Gasteiger partial charge in [0.1, 0.15) is 11.0 Å². The summed E-state index contributed by atoms with van der Waals surface area (Å²) in [7, 11) is 0. The van der Waals surface area contributed by atoms with Crippen LogP contribution in [0.5, 0.6) is 0 Å². The summed E-state index contributed by atoms with van der Waals surface area (Å²) in [6, 6.07) is 9.61.